The van der Waals surface area contributed by atoms with Crippen LogP contribution in [0.2, 0.25) is 10.0 Å². The van der Waals surface area contributed by atoms with Crippen molar-refractivity contribution in [2.24, 2.45) is 5.10 Å². The van der Waals surface area contributed by atoms with Crippen LogP contribution in [0.25, 0.3) is 5.69 Å². The Morgan fingerprint density at radius 2 is 1.73 bits per heavy atom. The van der Waals surface area contributed by atoms with Crippen LogP contribution in [-0.4, -0.2) is 10.8 Å². The first-order chi connectivity index (χ1) is 12.5. The number of halogens is 3. The van der Waals surface area contributed by atoms with E-state index in [9.17, 15) is 4.39 Å². The predicted octanol–water partition coefficient (Wildman–Crippen LogP) is 5.66. The van der Waals surface area contributed by atoms with Crippen LogP contribution >= 0.6 is 23.2 Å². The lowest BCUT2D eigenvalue weighted by Crippen LogP contribution is -2.07. The first kappa shape index (κ1) is 18.5. The van der Waals surface area contributed by atoms with Crippen LogP contribution < -0.4 is 5.43 Å². The monoisotopic (exact) mass is 389 g/mol. The molecule has 0 bridgehead atoms. The Hall–Kier alpha value is -2.30. The van der Waals surface area contributed by atoms with E-state index in [0.29, 0.717) is 16.6 Å². The van der Waals surface area contributed by atoms with Gasteiger partial charge in [-0.25, -0.2) is 4.39 Å². The van der Waals surface area contributed by atoms with E-state index in [2.05, 4.69) is 15.1 Å². The van der Waals surface area contributed by atoms with E-state index in [4.69, 9.17) is 23.2 Å². The zero-order valence-electron chi connectivity index (χ0n) is 14.4. The van der Waals surface area contributed by atoms with Gasteiger partial charge in [-0.2, -0.15) is 5.10 Å². The highest BCUT2D eigenvalue weighted by atomic mass is 35.5. The Balaban J connectivity index is 1.75. The number of hydrogen-bond acceptors (Lipinski definition) is 2. The molecule has 0 fully saturated rings. The molecule has 0 spiro atoms. The Morgan fingerprint density at radius 3 is 2.38 bits per heavy atom. The van der Waals surface area contributed by atoms with Crippen molar-refractivity contribution in [1.29, 1.82) is 0 Å². The summed E-state index contributed by atoms with van der Waals surface area (Å²) >= 11 is 12.3. The molecule has 3 nitrogen and oxygen atoms in total. The molecule has 0 saturated heterocycles. The minimum atomic E-state index is -0.250. The highest BCUT2D eigenvalue weighted by Crippen LogP contribution is 2.24. The van der Waals surface area contributed by atoms with E-state index in [1.54, 1.807) is 30.5 Å². The van der Waals surface area contributed by atoms with Crippen molar-refractivity contribution in [3.05, 3.63) is 86.9 Å². The van der Waals surface area contributed by atoms with Crippen LogP contribution in [0.1, 0.15) is 22.5 Å². The van der Waals surface area contributed by atoms with E-state index in [0.717, 1.165) is 28.2 Å². The van der Waals surface area contributed by atoms with E-state index >= 15 is 0 Å². The molecule has 2 aromatic carbocycles. The molecule has 26 heavy (non-hydrogen) atoms. The van der Waals surface area contributed by atoms with Gasteiger partial charge in [-0.1, -0.05) is 29.3 Å². The van der Waals surface area contributed by atoms with Crippen molar-refractivity contribution in [3.8, 4) is 5.69 Å². The molecule has 0 atom stereocenters. The minimum Gasteiger partial charge on any atom is -0.318 e. The van der Waals surface area contributed by atoms with E-state index < -0.39 is 0 Å². The normalized spacial score (nSPS) is 11.3. The second kappa shape index (κ2) is 7.94. The number of aryl methyl sites for hydroxylation is 1. The van der Waals surface area contributed by atoms with Gasteiger partial charge in [0, 0.05) is 38.2 Å². The van der Waals surface area contributed by atoms with Crippen molar-refractivity contribution in [2.45, 2.75) is 20.4 Å². The summed E-state index contributed by atoms with van der Waals surface area (Å²) in [5.74, 6) is -0.250. The molecule has 0 aliphatic heterocycles. The molecule has 0 amide bonds. The van der Waals surface area contributed by atoms with Gasteiger partial charge < -0.3 is 9.99 Å². The zero-order valence-corrected chi connectivity index (χ0v) is 15.9. The summed E-state index contributed by atoms with van der Waals surface area (Å²) in [6, 6.07) is 13.9. The fraction of sp³-hybridized carbons (Fsp3) is 0.150. The SMILES string of the molecule is Cc1cc(/C=N/NCc2c(Cl)cccc2Cl)c(C)n1-c1ccc(F)cc1. The lowest BCUT2D eigenvalue weighted by atomic mass is 10.2. The highest BCUT2D eigenvalue weighted by Gasteiger charge is 2.09. The number of benzene rings is 2. The minimum absolute atomic E-state index is 0.250. The zero-order chi connectivity index (χ0) is 18.7. The van der Waals surface area contributed by atoms with Crippen molar-refractivity contribution in [3.63, 3.8) is 0 Å². The second-order valence-corrected chi connectivity index (χ2v) is 6.75. The van der Waals surface area contributed by atoms with Crippen molar-refractivity contribution in [2.75, 3.05) is 0 Å². The van der Waals surface area contributed by atoms with Crippen LogP contribution in [0.15, 0.2) is 53.6 Å². The molecule has 6 heteroatoms. The van der Waals surface area contributed by atoms with Gasteiger partial charge in [-0.3, -0.25) is 0 Å². The van der Waals surface area contributed by atoms with Gasteiger partial charge in [0.1, 0.15) is 5.82 Å². The van der Waals surface area contributed by atoms with Gasteiger partial charge in [0.2, 0.25) is 0 Å². The summed E-state index contributed by atoms with van der Waals surface area (Å²) < 4.78 is 15.2. The number of aromatic nitrogens is 1. The van der Waals surface area contributed by atoms with Crippen LogP contribution in [0.3, 0.4) is 0 Å². The molecule has 0 unspecified atom stereocenters. The Bertz CT molecular complexity index is 926. The highest BCUT2D eigenvalue weighted by molar-refractivity contribution is 6.35. The van der Waals surface area contributed by atoms with Crippen LogP contribution in [0.4, 0.5) is 4.39 Å². The average molecular weight is 390 g/mol. The summed E-state index contributed by atoms with van der Waals surface area (Å²) in [4.78, 5) is 0. The number of nitrogens with one attached hydrogen (secondary N) is 1. The summed E-state index contributed by atoms with van der Waals surface area (Å²) in [5.41, 5.74) is 7.75. The number of hydrazone groups is 1. The maximum atomic E-state index is 13.2. The van der Waals surface area contributed by atoms with Crippen LogP contribution in [0, 0.1) is 19.7 Å². The van der Waals surface area contributed by atoms with Gasteiger partial charge in [-0.05, 0) is 56.3 Å². The van der Waals surface area contributed by atoms with Crippen molar-refractivity contribution in [1.82, 2.24) is 9.99 Å². The quantitative estimate of drug-likeness (QED) is 0.442. The molecule has 0 aliphatic carbocycles. The number of rotatable bonds is 5. The van der Waals surface area contributed by atoms with Gasteiger partial charge >= 0.3 is 0 Å². The molecular formula is C20H18Cl2FN3. The smallest absolute Gasteiger partial charge is 0.123 e. The fourth-order valence-electron chi connectivity index (χ4n) is 2.85. The Kier molecular flexibility index (Phi) is 5.64. The summed E-state index contributed by atoms with van der Waals surface area (Å²) in [6.45, 7) is 4.44. The topological polar surface area (TPSA) is 29.3 Å². The molecule has 3 rings (SSSR count). The van der Waals surface area contributed by atoms with Gasteiger partial charge in [0.25, 0.3) is 0 Å². The summed E-state index contributed by atoms with van der Waals surface area (Å²) in [5, 5.41) is 5.49. The molecular weight excluding hydrogens is 372 g/mol. The van der Waals surface area contributed by atoms with Crippen LogP contribution in [-0.2, 0) is 6.54 Å². The van der Waals surface area contributed by atoms with Gasteiger partial charge in [0.05, 0.1) is 12.8 Å². The Morgan fingerprint density at radius 1 is 1.08 bits per heavy atom. The fourth-order valence-corrected chi connectivity index (χ4v) is 3.38. The number of nitrogens with zero attached hydrogens (tertiary/aromatic N) is 2. The first-order valence-electron chi connectivity index (χ1n) is 8.11. The maximum Gasteiger partial charge on any atom is 0.123 e. The lowest BCUT2D eigenvalue weighted by Gasteiger charge is -2.09. The van der Waals surface area contributed by atoms with E-state index in [1.165, 1.54) is 12.1 Å². The van der Waals surface area contributed by atoms with E-state index in [-0.39, 0.29) is 5.82 Å². The number of hydrogen-bond donors (Lipinski definition) is 1. The third kappa shape index (κ3) is 3.92. The summed E-state index contributed by atoms with van der Waals surface area (Å²) in [7, 11) is 0. The van der Waals surface area contributed by atoms with Crippen LogP contribution in [0.5, 0.6) is 0 Å². The van der Waals surface area contributed by atoms with Gasteiger partial charge in [0.15, 0.2) is 0 Å². The van der Waals surface area contributed by atoms with Gasteiger partial charge in [-0.15, -0.1) is 0 Å². The lowest BCUT2D eigenvalue weighted by molar-refractivity contribution is 0.627. The molecule has 134 valence electrons. The molecule has 1 N–H and O–H groups in total. The third-order valence-corrected chi connectivity index (χ3v) is 4.88. The molecule has 3 aromatic rings. The van der Waals surface area contributed by atoms with E-state index in [1.807, 2.05) is 26.0 Å². The average Bonchev–Trinajstić information content (AvgIpc) is 2.89. The summed E-state index contributed by atoms with van der Waals surface area (Å²) in [6.07, 6.45) is 1.76. The third-order valence-electron chi connectivity index (χ3n) is 4.17. The van der Waals surface area contributed by atoms with Crippen molar-refractivity contribution < 1.29 is 4.39 Å². The first-order valence-corrected chi connectivity index (χ1v) is 8.86. The van der Waals surface area contributed by atoms with Crippen molar-refractivity contribution >= 4 is 29.4 Å². The molecule has 0 saturated carbocycles. The molecule has 1 aromatic heterocycles. The molecule has 0 aliphatic rings. The maximum absolute atomic E-state index is 13.2. The largest absolute Gasteiger partial charge is 0.318 e. The molecule has 0 radical (unpaired) electrons. The Labute approximate surface area is 162 Å². The standard InChI is InChI=1S/C20H18Cl2FN3/c1-13-10-15(14(2)26(13)17-8-6-16(23)7-9-17)11-24-25-12-18-19(21)4-3-5-20(18)22/h3-11,25H,12H2,1-2H3/b24-11+. The molecule has 1 heterocycles. The second-order valence-electron chi connectivity index (χ2n) is 5.93. The predicted molar refractivity (Wildman–Crippen MR) is 106 cm³/mol.